The molecule has 1 aliphatic rings. The Morgan fingerprint density at radius 1 is 1.31 bits per heavy atom. The van der Waals surface area contributed by atoms with Crippen molar-refractivity contribution in [3.8, 4) is 0 Å². The lowest BCUT2D eigenvalue weighted by Gasteiger charge is -2.35. The summed E-state index contributed by atoms with van der Waals surface area (Å²) in [6, 6.07) is 0. The summed E-state index contributed by atoms with van der Waals surface area (Å²) >= 11 is 0. The van der Waals surface area contributed by atoms with E-state index in [9.17, 15) is 18.3 Å². The topological polar surface area (TPSA) is 20.2 Å². The fraction of sp³-hybridized carbons (Fsp3) is 1.00. The Bertz CT molecular complexity index is 215. The second kappa shape index (κ2) is 5.39. The van der Waals surface area contributed by atoms with Crippen molar-refractivity contribution in [1.29, 1.82) is 0 Å². The lowest BCUT2D eigenvalue weighted by Crippen LogP contribution is -2.36. The SMILES string of the molecule is CCC(C)C(O)C1CCCC(C(F)(F)F)C1. The standard InChI is InChI=1S/C12H21F3O/c1-3-8(2)11(16)9-5-4-6-10(7-9)12(13,14)15/h8-11,16H,3-7H2,1-2H3. The zero-order valence-corrected chi connectivity index (χ0v) is 9.93. The highest BCUT2D eigenvalue weighted by Gasteiger charge is 2.43. The van der Waals surface area contributed by atoms with Gasteiger partial charge >= 0.3 is 6.18 Å². The third kappa shape index (κ3) is 3.37. The van der Waals surface area contributed by atoms with Crippen LogP contribution >= 0.6 is 0 Å². The Balaban J connectivity index is 2.57. The second-order valence-electron chi connectivity index (χ2n) is 5.04. The van der Waals surface area contributed by atoms with E-state index in [2.05, 4.69) is 0 Å². The fourth-order valence-corrected chi connectivity index (χ4v) is 2.54. The normalized spacial score (nSPS) is 31.1. The molecule has 96 valence electrons. The van der Waals surface area contributed by atoms with Crippen molar-refractivity contribution in [3.63, 3.8) is 0 Å². The molecule has 1 nitrogen and oxygen atoms in total. The zero-order valence-electron chi connectivity index (χ0n) is 9.93. The molecule has 4 heteroatoms. The highest BCUT2D eigenvalue weighted by Crippen LogP contribution is 2.41. The Morgan fingerprint density at radius 2 is 1.94 bits per heavy atom. The van der Waals surface area contributed by atoms with Gasteiger partial charge in [0, 0.05) is 0 Å². The summed E-state index contributed by atoms with van der Waals surface area (Å²) in [5.41, 5.74) is 0. The van der Waals surface area contributed by atoms with Gasteiger partial charge in [-0.1, -0.05) is 26.7 Å². The molecule has 0 aromatic carbocycles. The van der Waals surface area contributed by atoms with E-state index in [0.29, 0.717) is 6.42 Å². The summed E-state index contributed by atoms with van der Waals surface area (Å²) < 4.78 is 37.7. The molecule has 0 saturated heterocycles. The molecule has 4 atom stereocenters. The molecular formula is C12H21F3O. The van der Waals surface area contributed by atoms with E-state index in [-0.39, 0.29) is 24.7 Å². The highest BCUT2D eigenvalue weighted by molar-refractivity contribution is 4.83. The van der Waals surface area contributed by atoms with Crippen molar-refractivity contribution in [2.75, 3.05) is 0 Å². The van der Waals surface area contributed by atoms with Crippen LogP contribution in [0.4, 0.5) is 13.2 Å². The van der Waals surface area contributed by atoms with Crippen molar-refractivity contribution in [2.45, 2.75) is 58.2 Å². The number of aliphatic hydroxyl groups is 1. The monoisotopic (exact) mass is 238 g/mol. The molecule has 0 heterocycles. The molecule has 0 amide bonds. The largest absolute Gasteiger partial charge is 0.393 e. The minimum absolute atomic E-state index is 0.0944. The third-order valence-corrected chi connectivity index (χ3v) is 3.89. The highest BCUT2D eigenvalue weighted by atomic mass is 19.4. The Kier molecular flexibility index (Phi) is 4.65. The molecular weight excluding hydrogens is 217 g/mol. The van der Waals surface area contributed by atoms with Crippen molar-refractivity contribution in [3.05, 3.63) is 0 Å². The summed E-state index contributed by atoms with van der Waals surface area (Å²) in [5, 5.41) is 9.96. The quantitative estimate of drug-likeness (QED) is 0.793. The van der Waals surface area contributed by atoms with Gasteiger partial charge in [-0.25, -0.2) is 0 Å². The molecule has 16 heavy (non-hydrogen) atoms. The lowest BCUT2D eigenvalue weighted by molar-refractivity contribution is -0.189. The van der Waals surface area contributed by atoms with Gasteiger partial charge in [0.05, 0.1) is 12.0 Å². The predicted octanol–water partition coefficient (Wildman–Crippen LogP) is 3.76. The van der Waals surface area contributed by atoms with Crippen LogP contribution in [0.1, 0.15) is 46.0 Å². The molecule has 1 rings (SSSR count). The first kappa shape index (κ1) is 13.8. The van der Waals surface area contributed by atoms with Gasteiger partial charge in [-0.3, -0.25) is 0 Å². The van der Waals surface area contributed by atoms with E-state index in [1.54, 1.807) is 0 Å². The van der Waals surface area contributed by atoms with Crippen LogP contribution in [0.5, 0.6) is 0 Å². The van der Waals surface area contributed by atoms with Gasteiger partial charge in [0.2, 0.25) is 0 Å². The molecule has 0 bridgehead atoms. The number of halogens is 3. The Hall–Kier alpha value is -0.250. The molecule has 1 fully saturated rings. The summed E-state index contributed by atoms with van der Waals surface area (Å²) in [6.07, 6.45) is -2.19. The second-order valence-corrected chi connectivity index (χ2v) is 5.04. The van der Waals surface area contributed by atoms with E-state index in [4.69, 9.17) is 0 Å². The van der Waals surface area contributed by atoms with Gasteiger partial charge in [0.15, 0.2) is 0 Å². The number of alkyl halides is 3. The van der Waals surface area contributed by atoms with E-state index < -0.39 is 18.2 Å². The molecule has 1 N–H and O–H groups in total. The molecule has 1 saturated carbocycles. The van der Waals surface area contributed by atoms with E-state index in [1.165, 1.54) is 0 Å². The maximum Gasteiger partial charge on any atom is 0.391 e. The minimum Gasteiger partial charge on any atom is -0.393 e. The predicted molar refractivity (Wildman–Crippen MR) is 57.0 cm³/mol. The minimum atomic E-state index is -4.09. The van der Waals surface area contributed by atoms with Crippen LogP contribution in [0.15, 0.2) is 0 Å². The Morgan fingerprint density at radius 3 is 2.44 bits per heavy atom. The fourth-order valence-electron chi connectivity index (χ4n) is 2.54. The number of rotatable bonds is 3. The van der Waals surface area contributed by atoms with Crippen LogP contribution in [0.25, 0.3) is 0 Å². The van der Waals surface area contributed by atoms with Gasteiger partial charge < -0.3 is 5.11 Å². The molecule has 4 unspecified atom stereocenters. The first-order valence-corrected chi connectivity index (χ1v) is 6.11. The zero-order chi connectivity index (χ0) is 12.3. The van der Waals surface area contributed by atoms with Gasteiger partial charge in [0.1, 0.15) is 0 Å². The summed E-state index contributed by atoms with van der Waals surface area (Å²) in [6.45, 7) is 3.86. The van der Waals surface area contributed by atoms with Gasteiger partial charge in [-0.15, -0.1) is 0 Å². The van der Waals surface area contributed by atoms with Crippen molar-refractivity contribution < 1.29 is 18.3 Å². The molecule has 0 aromatic heterocycles. The van der Waals surface area contributed by atoms with Crippen LogP contribution in [-0.4, -0.2) is 17.4 Å². The summed E-state index contributed by atoms with van der Waals surface area (Å²) in [4.78, 5) is 0. The van der Waals surface area contributed by atoms with Crippen LogP contribution in [0, 0.1) is 17.8 Å². The molecule has 0 aliphatic heterocycles. The maximum absolute atomic E-state index is 12.6. The van der Waals surface area contributed by atoms with Crippen LogP contribution < -0.4 is 0 Å². The van der Waals surface area contributed by atoms with Crippen molar-refractivity contribution in [2.24, 2.45) is 17.8 Å². The molecule has 0 radical (unpaired) electrons. The van der Waals surface area contributed by atoms with Crippen LogP contribution in [-0.2, 0) is 0 Å². The first-order valence-electron chi connectivity index (χ1n) is 6.11. The molecule has 0 aromatic rings. The maximum atomic E-state index is 12.6. The molecule has 0 spiro atoms. The average Bonchev–Trinajstić information content (AvgIpc) is 2.26. The van der Waals surface area contributed by atoms with E-state index >= 15 is 0 Å². The number of hydrogen-bond acceptors (Lipinski definition) is 1. The van der Waals surface area contributed by atoms with Gasteiger partial charge in [-0.2, -0.15) is 13.2 Å². The lowest BCUT2D eigenvalue weighted by atomic mass is 9.75. The van der Waals surface area contributed by atoms with E-state index in [0.717, 1.165) is 12.8 Å². The first-order chi connectivity index (χ1) is 7.36. The third-order valence-electron chi connectivity index (χ3n) is 3.89. The van der Waals surface area contributed by atoms with E-state index in [1.807, 2.05) is 13.8 Å². The van der Waals surface area contributed by atoms with Crippen LogP contribution in [0.3, 0.4) is 0 Å². The number of aliphatic hydroxyl groups excluding tert-OH is 1. The number of hydrogen-bond donors (Lipinski definition) is 1. The smallest absolute Gasteiger partial charge is 0.391 e. The van der Waals surface area contributed by atoms with Crippen molar-refractivity contribution in [1.82, 2.24) is 0 Å². The summed E-state index contributed by atoms with van der Waals surface area (Å²) in [7, 11) is 0. The average molecular weight is 238 g/mol. The van der Waals surface area contributed by atoms with Crippen molar-refractivity contribution >= 4 is 0 Å². The molecule has 1 aliphatic carbocycles. The van der Waals surface area contributed by atoms with Crippen LogP contribution in [0.2, 0.25) is 0 Å². The van der Waals surface area contributed by atoms with Gasteiger partial charge in [0.25, 0.3) is 0 Å². The van der Waals surface area contributed by atoms with Gasteiger partial charge in [-0.05, 0) is 31.1 Å². The Labute approximate surface area is 95.0 Å². The summed E-state index contributed by atoms with van der Waals surface area (Å²) in [5.74, 6) is -1.28.